The molecule has 0 amide bonds. The van der Waals surface area contributed by atoms with E-state index >= 15 is 0 Å². The minimum Gasteiger partial charge on any atom is -0.352 e. The Labute approximate surface area is 119 Å². The van der Waals surface area contributed by atoms with Crippen LogP contribution in [0.1, 0.15) is 17.8 Å². The summed E-state index contributed by atoms with van der Waals surface area (Å²) in [6.07, 6.45) is 1.48. The first kappa shape index (κ1) is 12.4. The van der Waals surface area contributed by atoms with Crippen LogP contribution in [0.15, 0.2) is 29.9 Å². The number of hydrogen-bond donors (Lipinski definition) is 0. The van der Waals surface area contributed by atoms with Crippen molar-refractivity contribution in [3.8, 4) is 0 Å². The van der Waals surface area contributed by atoms with Gasteiger partial charge >= 0.3 is 0 Å². The van der Waals surface area contributed by atoms with Gasteiger partial charge < -0.3 is 4.90 Å². The van der Waals surface area contributed by atoms with Gasteiger partial charge in [-0.05, 0) is 18.4 Å². The second-order valence-corrected chi connectivity index (χ2v) is 5.58. The van der Waals surface area contributed by atoms with E-state index in [1.807, 2.05) is 7.05 Å². The van der Waals surface area contributed by atoms with Crippen LogP contribution >= 0.6 is 22.9 Å². The van der Waals surface area contributed by atoms with Crippen molar-refractivity contribution in [1.82, 2.24) is 19.6 Å². The van der Waals surface area contributed by atoms with Crippen molar-refractivity contribution in [1.29, 1.82) is 0 Å². The molecule has 3 heterocycles. The van der Waals surface area contributed by atoms with Gasteiger partial charge in [-0.2, -0.15) is 19.6 Å². The van der Waals surface area contributed by atoms with Gasteiger partial charge in [0, 0.05) is 18.0 Å². The van der Waals surface area contributed by atoms with Crippen molar-refractivity contribution in [2.24, 2.45) is 0 Å². The molecule has 0 saturated carbocycles. The average Bonchev–Trinajstić information content (AvgIpc) is 3.06. The summed E-state index contributed by atoms with van der Waals surface area (Å²) in [7, 11) is 2.01. The number of nitrogens with zero attached hydrogens (tertiary/aromatic N) is 5. The zero-order chi connectivity index (χ0) is 13.4. The molecule has 0 aliphatic rings. The Morgan fingerprint density at radius 3 is 3.05 bits per heavy atom. The Balaban J connectivity index is 2.06. The summed E-state index contributed by atoms with van der Waals surface area (Å²) in [5, 5.41) is 6.68. The van der Waals surface area contributed by atoms with Crippen LogP contribution in [0.4, 0.5) is 5.82 Å². The van der Waals surface area contributed by atoms with E-state index in [4.69, 9.17) is 11.6 Å². The fourth-order valence-corrected chi connectivity index (χ4v) is 2.94. The van der Waals surface area contributed by atoms with Crippen LogP contribution in [-0.2, 0) is 0 Å². The average molecular weight is 294 g/mol. The highest BCUT2D eigenvalue weighted by molar-refractivity contribution is 7.10. The topological polar surface area (TPSA) is 46.3 Å². The summed E-state index contributed by atoms with van der Waals surface area (Å²) in [5.74, 6) is 1.38. The molecule has 0 spiro atoms. The molecular weight excluding hydrogens is 282 g/mol. The minimum atomic E-state index is 0.228. The Morgan fingerprint density at radius 2 is 2.32 bits per heavy atom. The van der Waals surface area contributed by atoms with E-state index in [1.54, 1.807) is 21.9 Å². The molecule has 0 saturated heterocycles. The van der Waals surface area contributed by atoms with Crippen molar-refractivity contribution < 1.29 is 0 Å². The van der Waals surface area contributed by atoms with Crippen molar-refractivity contribution in [3.05, 3.63) is 39.9 Å². The molecule has 98 valence electrons. The van der Waals surface area contributed by atoms with E-state index in [0.717, 1.165) is 5.82 Å². The van der Waals surface area contributed by atoms with E-state index in [0.29, 0.717) is 10.9 Å². The predicted octanol–water partition coefficient (Wildman–Crippen LogP) is 3.04. The van der Waals surface area contributed by atoms with Gasteiger partial charge in [0.2, 0.25) is 0 Å². The standard InChI is InChI=1S/C12H12ClN5S/c1-8(9-4-3-5-19-9)17(2)11-6-10(13)16-12-14-7-15-18(11)12/h3-8H,1-2H3. The second kappa shape index (κ2) is 4.79. The van der Waals surface area contributed by atoms with E-state index in [9.17, 15) is 0 Å². The molecule has 0 fully saturated rings. The summed E-state index contributed by atoms with van der Waals surface area (Å²) >= 11 is 7.77. The zero-order valence-corrected chi connectivity index (χ0v) is 12.1. The fraction of sp³-hybridized carbons (Fsp3) is 0.250. The number of anilines is 1. The molecule has 0 N–H and O–H groups in total. The van der Waals surface area contributed by atoms with Crippen LogP contribution in [-0.4, -0.2) is 26.6 Å². The molecule has 19 heavy (non-hydrogen) atoms. The third kappa shape index (κ3) is 2.17. The molecule has 0 radical (unpaired) electrons. The lowest BCUT2D eigenvalue weighted by Crippen LogP contribution is -2.23. The van der Waals surface area contributed by atoms with Crippen molar-refractivity contribution in [2.75, 3.05) is 11.9 Å². The van der Waals surface area contributed by atoms with Crippen LogP contribution < -0.4 is 4.90 Å². The summed E-state index contributed by atoms with van der Waals surface area (Å²) < 4.78 is 1.69. The zero-order valence-electron chi connectivity index (χ0n) is 10.5. The highest BCUT2D eigenvalue weighted by Crippen LogP contribution is 2.28. The number of hydrogen-bond acceptors (Lipinski definition) is 5. The molecule has 3 aromatic heterocycles. The molecule has 5 nitrogen and oxygen atoms in total. The summed E-state index contributed by atoms with van der Waals surface area (Å²) in [4.78, 5) is 11.6. The number of thiophene rings is 1. The molecule has 0 aromatic carbocycles. The van der Waals surface area contributed by atoms with Gasteiger partial charge in [-0.15, -0.1) is 11.3 Å². The molecule has 0 aliphatic heterocycles. The second-order valence-electron chi connectivity index (χ2n) is 4.21. The molecule has 0 bridgehead atoms. The lowest BCUT2D eigenvalue weighted by atomic mass is 10.2. The van der Waals surface area contributed by atoms with Gasteiger partial charge in [0.25, 0.3) is 5.78 Å². The maximum absolute atomic E-state index is 6.04. The normalized spacial score (nSPS) is 12.8. The quantitative estimate of drug-likeness (QED) is 0.696. The number of rotatable bonds is 3. The smallest absolute Gasteiger partial charge is 0.255 e. The van der Waals surface area contributed by atoms with Gasteiger partial charge in [0.05, 0.1) is 6.04 Å². The SMILES string of the molecule is CC(c1cccs1)N(C)c1cc(Cl)nc2ncnn12. The molecule has 7 heteroatoms. The maximum atomic E-state index is 6.04. The number of halogens is 1. The van der Waals surface area contributed by atoms with Crippen LogP contribution in [0.5, 0.6) is 0 Å². The van der Waals surface area contributed by atoms with Crippen LogP contribution in [0.25, 0.3) is 5.78 Å². The summed E-state index contributed by atoms with van der Waals surface area (Å²) in [6.45, 7) is 2.14. The molecule has 0 aliphatic carbocycles. The van der Waals surface area contributed by atoms with Gasteiger partial charge in [0.1, 0.15) is 17.3 Å². The predicted molar refractivity (Wildman–Crippen MR) is 76.9 cm³/mol. The van der Waals surface area contributed by atoms with Crippen molar-refractivity contribution in [2.45, 2.75) is 13.0 Å². The fourth-order valence-electron chi connectivity index (χ4n) is 1.94. The minimum absolute atomic E-state index is 0.228. The Hall–Kier alpha value is -1.66. The van der Waals surface area contributed by atoms with E-state index in [1.165, 1.54) is 11.2 Å². The third-order valence-corrected chi connectivity index (χ3v) is 4.34. The number of fused-ring (bicyclic) bond motifs is 1. The van der Waals surface area contributed by atoms with Gasteiger partial charge in [-0.1, -0.05) is 17.7 Å². The lowest BCUT2D eigenvalue weighted by Gasteiger charge is -2.26. The summed E-state index contributed by atoms with van der Waals surface area (Å²) in [5.41, 5.74) is 0. The largest absolute Gasteiger partial charge is 0.352 e. The van der Waals surface area contributed by atoms with Crippen LogP contribution in [0.3, 0.4) is 0 Å². The van der Waals surface area contributed by atoms with Crippen molar-refractivity contribution >= 4 is 34.5 Å². The Bertz CT molecular complexity index is 693. The highest BCUT2D eigenvalue weighted by Gasteiger charge is 2.17. The van der Waals surface area contributed by atoms with E-state index < -0.39 is 0 Å². The summed E-state index contributed by atoms with van der Waals surface area (Å²) in [6, 6.07) is 6.20. The first-order valence-electron chi connectivity index (χ1n) is 5.79. The highest BCUT2D eigenvalue weighted by atomic mass is 35.5. The maximum Gasteiger partial charge on any atom is 0.255 e. The lowest BCUT2D eigenvalue weighted by molar-refractivity contribution is 0.721. The van der Waals surface area contributed by atoms with Crippen molar-refractivity contribution in [3.63, 3.8) is 0 Å². The molecule has 3 aromatic rings. The monoisotopic (exact) mass is 293 g/mol. The van der Waals surface area contributed by atoms with Crippen LogP contribution in [0.2, 0.25) is 5.15 Å². The Morgan fingerprint density at radius 1 is 1.47 bits per heavy atom. The number of aromatic nitrogens is 4. The molecule has 1 atom stereocenters. The molecular formula is C12H12ClN5S. The first-order valence-corrected chi connectivity index (χ1v) is 7.05. The van der Waals surface area contributed by atoms with E-state index in [-0.39, 0.29) is 6.04 Å². The van der Waals surface area contributed by atoms with Crippen LogP contribution in [0, 0.1) is 0 Å². The first-order chi connectivity index (χ1) is 9.16. The Kier molecular flexibility index (Phi) is 3.12. The van der Waals surface area contributed by atoms with Gasteiger partial charge in [0.15, 0.2) is 0 Å². The molecule has 3 rings (SSSR count). The third-order valence-electron chi connectivity index (χ3n) is 3.10. The molecule has 1 unspecified atom stereocenters. The van der Waals surface area contributed by atoms with Gasteiger partial charge in [-0.3, -0.25) is 0 Å². The van der Waals surface area contributed by atoms with E-state index in [2.05, 4.69) is 44.4 Å². The van der Waals surface area contributed by atoms with Gasteiger partial charge in [-0.25, -0.2) is 0 Å².